The lowest BCUT2D eigenvalue weighted by Gasteiger charge is -2.22. The van der Waals surface area contributed by atoms with Crippen LogP contribution >= 0.6 is 0 Å². The van der Waals surface area contributed by atoms with Crippen molar-refractivity contribution in [3.8, 4) is 0 Å². The third-order valence-electron chi connectivity index (χ3n) is 20.1. The molecule has 0 rings (SSSR count). The first-order chi connectivity index (χ1) is 44.5. The van der Waals surface area contributed by atoms with Crippen molar-refractivity contribution < 1.29 is 24.5 Å². The summed E-state index contributed by atoms with van der Waals surface area (Å²) in [5.41, 5.74) is 0. The molecule has 3 N–H and O–H groups in total. The highest BCUT2D eigenvalue weighted by Crippen LogP contribution is 2.21. The fraction of sp³-hybridized carbons (Fsp3) is 0.952. The lowest BCUT2D eigenvalue weighted by molar-refractivity contribution is -0.143. The SMILES string of the molecule is CCCC/C=C\CCCCCCCC(=O)OCCCCCCCCCCCCCCCCCCCCCCCCCCCCCCCCCCCCCCCCCC(=O)NC(CO)C(O)CCCCCCCCCCCCCCCCCCCCCCCCC. The first-order valence-corrected chi connectivity index (χ1v) is 41.9. The summed E-state index contributed by atoms with van der Waals surface area (Å²) in [6.07, 6.45) is 102. The average molecular weight is 1270 g/mol. The molecule has 0 fully saturated rings. The Kier molecular flexibility index (Phi) is 78.8. The smallest absolute Gasteiger partial charge is 0.305 e. The minimum absolute atomic E-state index is 0.0140. The van der Waals surface area contributed by atoms with Gasteiger partial charge in [-0.2, -0.15) is 0 Å². The highest BCUT2D eigenvalue weighted by Gasteiger charge is 2.20. The molecule has 0 heterocycles. The molecule has 0 aromatic rings. The molecule has 1 amide bonds. The highest BCUT2D eigenvalue weighted by atomic mass is 16.5. The molecule has 2 unspecified atom stereocenters. The number of carbonyl (C=O) groups excluding carboxylic acids is 2. The molecule has 0 saturated heterocycles. The van der Waals surface area contributed by atoms with Crippen LogP contribution in [-0.4, -0.2) is 47.4 Å². The predicted molar refractivity (Wildman–Crippen MR) is 398 cm³/mol. The zero-order valence-corrected chi connectivity index (χ0v) is 61.7. The van der Waals surface area contributed by atoms with Crippen molar-refractivity contribution in [3.63, 3.8) is 0 Å². The maximum absolute atomic E-state index is 12.6. The van der Waals surface area contributed by atoms with Crippen molar-refractivity contribution in [1.29, 1.82) is 0 Å². The summed E-state index contributed by atoms with van der Waals surface area (Å²) in [5, 5.41) is 23.5. The molecular weight excluding hydrogens is 1100 g/mol. The zero-order valence-electron chi connectivity index (χ0n) is 61.7. The van der Waals surface area contributed by atoms with E-state index in [1.807, 2.05) is 0 Å². The van der Waals surface area contributed by atoms with E-state index in [4.69, 9.17) is 4.74 Å². The van der Waals surface area contributed by atoms with Crippen LogP contribution in [0.3, 0.4) is 0 Å². The summed E-state index contributed by atoms with van der Waals surface area (Å²) < 4.78 is 5.48. The van der Waals surface area contributed by atoms with E-state index >= 15 is 0 Å². The Hall–Kier alpha value is -1.40. The lowest BCUT2D eigenvalue weighted by atomic mass is 10.0. The van der Waals surface area contributed by atoms with Gasteiger partial charge < -0.3 is 20.3 Å². The van der Waals surface area contributed by atoms with Gasteiger partial charge in [0.1, 0.15) is 0 Å². The van der Waals surface area contributed by atoms with Gasteiger partial charge in [-0.25, -0.2) is 0 Å². The van der Waals surface area contributed by atoms with Crippen LogP contribution in [0, 0.1) is 0 Å². The second kappa shape index (κ2) is 80.0. The van der Waals surface area contributed by atoms with Crippen molar-refractivity contribution in [2.24, 2.45) is 0 Å². The van der Waals surface area contributed by atoms with E-state index in [2.05, 4.69) is 31.3 Å². The summed E-state index contributed by atoms with van der Waals surface area (Å²) in [4.78, 5) is 24.6. The number of aliphatic hydroxyl groups is 2. The molecule has 2 atom stereocenters. The summed E-state index contributed by atoms with van der Waals surface area (Å²) in [7, 11) is 0. The van der Waals surface area contributed by atoms with Crippen LogP contribution in [0.1, 0.15) is 489 Å². The largest absolute Gasteiger partial charge is 0.466 e. The molecule has 0 aromatic heterocycles. The number of aliphatic hydroxyl groups excluding tert-OH is 2. The maximum Gasteiger partial charge on any atom is 0.305 e. The van der Waals surface area contributed by atoms with Crippen LogP contribution < -0.4 is 5.32 Å². The van der Waals surface area contributed by atoms with Gasteiger partial charge in [-0.15, -0.1) is 0 Å². The first-order valence-electron chi connectivity index (χ1n) is 41.9. The maximum atomic E-state index is 12.6. The Labute approximate surface area is 565 Å². The van der Waals surface area contributed by atoms with E-state index in [1.54, 1.807) is 0 Å². The van der Waals surface area contributed by atoms with Gasteiger partial charge in [0, 0.05) is 12.8 Å². The molecule has 0 radical (unpaired) electrons. The second-order valence-corrected chi connectivity index (χ2v) is 29.2. The van der Waals surface area contributed by atoms with Crippen LogP contribution in [0.15, 0.2) is 12.2 Å². The van der Waals surface area contributed by atoms with Gasteiger partial charge >= 0.3 is 5.97 Å². The van der Waals surface area contributed by atoms with Crippen LogP contribution in [0.25, 0.3) is 0 Å². The van der Waals surface area contributed by atoms with E-state index < -0.39 is 12.1 Å². The van der Waals surface area contributed by atoms with Crippen LogP contribution in [0.2, 0.25) is 0 Å². The molecule has 90 heavy (non-hydrogen) atoms. The third-order valence-corrected chi connectivity index (χ3v) is 20.1. The highest BCUT2D eigenvalue weighted by molar-refractivity contribution is 5.76. The summed E-state index contributed by atoms with van der Waals surface area (Å²) >= 11 is 0. The average Bonchev–Trinajstić information content (AvgIpc) is 3.70. The van der Waals surface area contributed by atoms with Crippen LogP contribution in [0.5, 0.6) is 0 Å². The number of hydrogen-bond acceptors (Lipinski definition) is 5. The van der Waals surface area contributed by atoms with Gasteiger partial charge in [-0.3, -0.25) is 9.59 Å². The second-order valence-electron chi connectivity index (χ2n) is 29.2. The van der Waals surface area contributed by atoms with Crippen molar-refractivity contribution in [2.75, 3.05) is 13.2 Å². The van der Waals surface area contributed by atoms with Gasteiger partial charge in [0.15, 0.2) is 0 Å². The van der Waals surface area contributed by atoms with E-state index in [0.717, 1.165) is 44.9 Å². The van der Waals surface area contributed by atoms with Crippen molar-refractivity contribution in [1.82, 2.24) is 5.32 Å². The molecule has 0 aliphatic heterocycles. The summed E-state index contributed by atoms with van der Waals surface area (Å²) in [6, 6.07) is -0.537. The Morgan fingerprint density at radius 3 is 0.822 bits per heavy atom. The number of allylic oxidation sites excluding steroid dienone is 2. The van der Waals surface area contributed by atoms with Crippen molar-refractivity contribution in [3.05, 3.63) is 12.2 Å². The first kappa shape index (κ1) is 88.6. The molecule has 0 spiro atoms. The van der Waals surface area contributed by atoms with E-state index in [1.165, 1.54) is 411 Å². The standard InChI is InChI=1S/C84H165NO5/c1-3-5-7-9-11-13-15-16-17-18-19-20-38-41-44-47-50-53-57-60-64-68-72-76-82(87)81(80-86)85-83(88)77-73-69-65-61-58-54-51-48-45-42-39-36-34-32-30-28-26-24-22-21-23-25-27-29-31-33-35-37-40-43-46-49-52-55-59-63-67-71-75-79-90-84(89)78-74-70-66-62-56-14-12-10-8-6-4-2/h10,12,81-82,86-87H,3-9,11,13-80H2,1-2H3,(H,85,88)/b12-10-. The Morgan fingerprint density at radius 1 is 0.300 bits per heavy atom. The molecular formula is C84H165NO5. The van der Waals surface area contributed by atoms with Gasteiger partial charge in [0.05, 0.1) is 25.4 Å². The fourth-order valence-electron chi connectivity index (χ4n) is 13.7. The molecule has 0 aliphatic rings. The Morgan fingerprint density at radius 2 is 0.533 bits per heavy atom. The molecule has 0 saturated carbocycles. The quantitative estimate of drug-likeness (QED) is 0.0320. The number of hydrogen-bond donors (Lipinski definition) is 3. The minimum atomic E-state index is -0.661. The Bertz CT molecular complexity index is 1370. The van der Waals surface area contributed by atoms with Crippen molar-refractivity contribution in [2.45, 2.75) is 501 Å². The number of amides is 1. The normalized spacial score (nSPS) is 12.4. The topological polar surface area (TPSA) is 95.9 Å². The van der Waals surface area contributed by atoms with Crippen LogP contribution in [0.4, 0.5) is 0 Å². The van der Waals surface area contributed by atoms with E-state index in [0.29, 0.717) is 25.9 Å². The van der Waals surface area contributed by atoms with Crippen LogP contribution in [-0.2, 0) is 14.3 Å². The van der Waals surface area contributed by atoms with Crippen molar-refractivity contribution >= 4 is 11.9 Å². The molecule has 0 aliphatic carbocycles. The minimum Gasteiger partial charge on any atom is -0.466 e. The number of rotatable bonds is 80. The number of ether oxygens (including phenoxy) is 1. The third kappa shape index (κ3) is 75.6. The number of carbonyl (C=O) groups is 2. The summed E-state index contributed by atoms with van der Waals surface area (Å²) in [5.74, 6) is -0.00851. The van der Waals surface area contributed by atoms with Gasteiger partial charge in [-0.1, -0.05) is 443 Å². The molecule has 6 nitrogen and oxygen atoms in total. The van der Waals surface area contributed by atoms with Gasteiger partial charge in [-0.05, 0) is 44.9 Å². The van der Waals surface area contributed by atoms with E-state index in [9.17, 15) is 19.8 Å². The molecule has 536 valence electrons. The summed E-state index contributed by atoms with van der Waals surface area (Å²) in [6.45, 7) is 4.97. The predicted octanol–water partition coefficient (Wildman–Crippen LogP) is 27.8. The molecule has 0 aromatic carbocycles. The zero-order chi connectivity index (χ0) is 64.9. The molecule has 0 bridgehead atoms. The number of esters is 1. The molecule has 6 heteroatoms. The van der Waals surface area contributed by atoms with E-state index in [-0.39, 0.29) is 18.5 Å². The van der Waals surface area contributed by atoms with Gasteiger partial charge in [0.2, 0.25) is 5.91 Å². The fourth-order valence-corrected chi connectivity index (χ4v) is 13.7. The van der Waals surface area contributed by atoms with Gasteiger partial charge in [0.25, 0.3) is 0 Å². The monoisotopic (exact) mass is 1270 g/mol. The Balaban J connectivity index is 3.30. The number of nitrogens with one attached hydrogen (secondary N) is 1. The number of unbranched alkanes of at least 4 members (excludes halogenated alkanes) is 67. The lowest BCUT2D eigenvalue weighted by Crippen LogP contribution is -2.45.